The topological polar surface area (TPSA) is 115 Å². The lowest BCUT2D eigenvalue weighted by molar-refractivity contribution is -0.139. The molecule has 0 spiro atoms. The number of carbonyl (C=O) groups is 5. The van der Waals surface area contributed by atoms with E-state index in [9.17, 15) is 24.3 Å². The lowest BCUT2D eigenvalue weighted by atomic mass is 9.78. The second kappa shape index (κ2) is 23.5. The molecule has 288 valence electrons. The van der Waals surface area contributed by atoms with Gasteiger partial charge in [0, 0.05) is 16.7 Å². The van der Waals surface area contributed by atoms with Crippen LogP contribution in [0.5, 0.6) is 5.75 Å². The molecule has 0 amide bonds. The molecule has 6 rings (SSSR count). The first kappa shape index (κ1) is 44.1. The van der Waals surface area contributed by atoms with Crippen molar-refractivity contribution in [2.45, 2.75) is 58.7 Å². The summed E-state index contributed by atoms with van der Waals surface area (Å²) >= 11 is 0. The van der Waals surface area contributed by atoms with Crippen LogP contribution in [0, 0.1) is 12.8 Å². The number of rotatable bonds is 11. The summed E-state index contributed by atoms with van der Waals surface area (Å²) in [6, 6.07) is 41.4. The molecular formula is C49H50O7. The van der Waals surface area contributed by atoms with E-state index in [2.05, 4.69) is 13.8 Å². The molecule has 7 nitrogen and oxygen atoms in total. The molecule has 5 aromatic carbocycles. The maximum absolute atomic E-state index is 12.1. The Morgan fingerprint density at radius 1 is 0.679 bits per heavy atom. The molecule has 0 radical (unpaired) electrons. The van der Waals surface area contributed by atoms with Crippen molar-refractivity contribution >= 4 is 42.6 Å². The molecule has 1 saturated carbocycles. The third-order valence-corrected chi connectivity index (χ3v) is 9.21. The van der Waals surface area contributed by atoms with Crippen LogP contribution in [0.25, 0.3) is 12.2 Å². The third kappa shape index (κ3) is 15.2. The van der Waals surface area contributed by atoms with Crippen molar-refractivity contribution in [3.8, 4) is 5.75 Å². The highest BCUT2D eigenvalue weighted by Gasteiger charge is 2.35. The molecule has 1 aliphatic rings. The summed E-state index contributed by atoms with van der Waals surface area (Å²) < 4.78 is 5.77. The summed E-state index contributed by atoms with van der Waals surface area (Å²) in [5.41, 5.74) is 5.20. The quantitative estimate of drug-likeness (QED) is 0.0812. The average molecular weight is 751 g/mol. The Labute approximate surface area is 330 Å². The first-order valence-electron chi connectivity index (χ1n) is 18.5. The summed E-state index contributed by atoms with van der Waals surface area (Å²) in [6.45, 7) is 8.23. The molecular weight excluding hydrogens is 701 g/mol. The van der Waals surface area contributed by atoms with E-state index in [1.807, 2.05) is 110 Å². The Morgan fingerprint density at radius 3 is 1.54 bits per heavy atom. The van der Waals surface area contributed by atoms with Gasteiger partial charge < -0.3 is 14.6 Å². The van der Waals surface area contributed by atoms with Gasteiger partial charge in [0.05, 0.1) is 0 Å². The number of carbonyl (C=O) groups excluding carboxylic acids is 5. The van der Waals surface area contributed by atoms with Crippen molar-refractivity contribution < 1.29 is 33.8 Å². The van der Waals surface area contributed by atoms with Gasteiger partial charge in [-0.3, -0.25) is 19.2 Å². The van der Waals surface area contributed by atoms with Gasteiger partial charge >= 0.3 is 0 Å². The third-order valence-electron chi connectivity index (χ3n) is 9.21. The molecule has 1 N–H and O–H groups in total. The van der Waals surface area contributed by atoms with Gasteiger partial charge in [-0.25, -0.2) is 0 Å². The predicted molar refractivity (Wildman–Crippen MR) is 224 cm³/mol. The minimum Gasteiger partial charge on any atom is -0.489 e. The Morgan fingerprint density at radius 2 is 1.11 bits per heavy atom. The summed E-state index contributed by atoms with van der Waals surface area (Å²) in [6.07, 6.45) is 10.8. The van der Waals surface area contributed by atoms with Gasteiger partial charge in [-0.1, -0.05) is 146 Å². The SMILES string of the molecule is C=O.CC(=O)C1(O)CCC(C)CC1.Cc1ccc(OCc2ccc(/C=C/C(=O)c3ccccc3)cc2)cc1.O=Cc1ccc(/C=C/C(=O)c2ccccc2)cc1. The fraction of sp³-hybridized carbons (Fsp3) is 0.204. The van der Waals surface area contributed by atoms with Gasteiger partial charge in [0.1, 0.15) is 31.0 Å². The number of aliphatic hydroxyl groups is 1. The maximum Gasteiger partial charge on any atom is 0.185 e. The van der Waals surface area contributed by atoms with Crippen molar-refractivity contribution in [3.05, 3.63) is 185 Å². The summed E-state index contributed by atoms with van der Waals surface area (Å²) in [5, 5.41) is 9.72. The summed E-state index contributed by atoms with van der Waals surface area (Å²) in [7, 11) is 0. The molecule has 56 heavy (non-hydrogen) atoms. The zero-order valence-electron chi connectivity index (χ0n) is 32.3. The zero-order valence-corrected chi connectivity index (χ0v) is 32.3. The number of benzene rings is 5. The van der Waals surface area contributed by atoms with Gasteiger partial charge in [0.15, 0.2) is 17.3 Å². The number of hydrogen-bond acceptors (Lipinski definition) is 7. The molecule has 0 saturated heterocycles. The van der Waals surface area contributed by atoms with Crippen LogP contribution in [0.4, 0.5) is 0 Å². The molecule has 0 aromatic heterocycles. The van der Waals surface area contributed by atoms with E-state index < -0.39 is 5.60 Å². The van der Waals surface area contributed by atoms with Crippen molar-refractivity contribution in [3.63, 3.8) is 0 Å². The summed E-state index contributed by atoms with van der Waals surface area (Å²) in [4.78, 5) is 53.3. The molecule has 0 unspecified atom stereocenters. The molecule has 7 heteroatoms. The minimum absolute atomic E-state index is 0.00683. The van der Waals surface area contributed by atoms with E-state index in [0.717, 1.165) is 41.6 Å². The van der Waals surface area contributed by atoms with Crippen LogP contribution in [-0.4, -0.2) is 41.1 Å². The molecule has 1 fully saturated rings. The zero-order chi connectivity index (χ0) is 40.8. The fourth-order valence-corrected chi connectivity index (χ4v) is 5.54. The van der Waals surface area contributed by atoms with Crippen molar-refractivity contribution in [1.82, 2.24) is 0 Å². The molecule has 0 atom stereocenters. The second-order valence-electron chi connectivity index (χ2n) is 13.5. The van der Waals surface area contributed by atoms with Crippen LogP contribution >= 0.6 is 0 Å². The minimum atomic E-state index is -0.980. The fourth-order valence-electron chi connectivity index (χ4n) is 5.54. The average Bonchev–Trinajstić information content (AvgIpc) is 3.25. The number of allylic oxidation sites excluding steroid dienone is 2. The van der Waals surface area contributed by atoms with Crippen molar-refractivity contribution in [1.29, 1.82) is 0 Å². The van der Waals surface area contributed by atoms with E-state index in [0.29, 0.717) is 42.1 Å². The van der Waals surface area contributed by atoms with Gasteiger partial charge in [-0.15, -0.1) is 0 Å². The highest BCUT2D eigenvalue weighted by molar-refractivity contribution is 6.07. The lowest BCUT2D eigenvalue weighted by Crippen LogP contribution is -2.40. The Hall–Kier alpha value is -6.31. The highest BCUT2D eigenvalue weighted by atomic mass is 16.5. The molecule has 5 aromatic rings. The lowest BCUT2D eigenvalue weighted by Gasteiger charge is -2.32. The van der Waals surface area contributed by atoms with Gasteiger partial charge in [0.2, 0.25) is 0 Å². The van der Waals surface area contributed by atoms with Crippen LogP contribution in [0.3, 0.4) is 0 Å². The number of ketones is 3. The number of ether oxygens (including phenoxy) is 1. The Balaban J connectivity index is 0.000000237. The van der Waals surface area contributed by atoms with Gasteiger partial charge in [-0.2, -0.15) is 0 Å². The van der Waals surface area contributed by atoms with Crippen molar-refractivity contribution in [2.75, 3.05) is 0 Å². The first-order chi connectivity index (χ1) is 27.0. The van der Waals surface area contributed by atoms with Crippen LogP contribution in [-0.2, 0) is 16.2 Å². The number of aryl methyl sites for hydroxylation is 1. The van der Waals surface area contributed by atoms with E-state index in [1.165, 1.54) is 18.6 Å². The molecule has 0 bridgehead atoms. The molecule has 1 aliphatic carbocycles. The number of Topliss-reactive ketones (excluding diaryl/α,β-unsaturated/α-hetero) is 1. The van der Waals surface area contributed by atoms with E-state index in [4.69, 9.17) is 9.53 Å². The van der Waals surface area contributed by atoms with Crippen LogP contribution in [0.15, 0.2) is 146 Å². The van der Waals surface area contributed by atoms with E-state index in [1.54, 1.807) is 48.6 Å². The highest BCUT2D eigenvalue weighted by Crippen LogP contribution is 2.32. The van der Waals surface area contributed by atoms with Crippen molar-refractivity contribution in [2.24, 2.45) is 5.92 Å². The summed E-state index contributed by atoms with van der Waals surface area (Å²) in [5.74, 6) is 1.45. The van der Waals surface area contributed by atoms with Gasteiger partial charge in [-0.05, 0) is 86.4 Å². The number of aldehydes is 1. The molecule has 0 aliphatic heterocycles. The normalized spacial score (nSPS) is 15.8. The molecule has 0 heterocycles. The predicted octanol–water partition coefficient (Wildman–Crippen LogP) is 10.2. The van der Waals surface area contributed by atoms with E-state index >= 15 is 0 Å². The van der Waals surface area contributed by atoms with Crippen LogP contribution < -0.4 is 4.74 Å². The monoisotopic (exact) mass is 750 g/mol. The Bertz CT molecular complexity index is 2010. The van der Waals surface area contributed by atoms with Crippen LogP contribution in [0.2, 0.25) is 0 Å². The van der Waals surface area contributed by atoms with Gasteiger partial charge in [0.25, 0.3) is 0 Å². The first-order valence-corrected chi connectivity index (χ1v) is 18.5. The smallest absolute Gasteiger partial charge is 0.185 e. The Kier molecular flexibility index (Phi) is 18.5. The maximum atomic E-state index is 12.1. The standard InChI is InChI=1S/C23H20O2.C16H12O2.C9H16O2.CH2O/c1-18-7-14-22(15-8-18)25-17-20-11-9-19(10-12-20)13-16-23(24)21-5-3-2-4-6-21;17-12-14-8-6-13(7-9-14)10-11-16(18)15-4-2-1-3-5-15;1-7-3-5-9(11,6-4-7)8(2)10;1-2/h2-16H,17H2,1H3;1-12H;7,11H,3-6H2,1-2H3;1H2/b16-13+;11-10+;;. The van der Waals surface area contributed by atoms with E-state index in [-0.39, 0.29) is 17.3 Å². The largest absolute Gasteiger partial charge is 0.489 e. The van der Waals surface area contributed by atoms with Crippen LogP contribution in [0.1, 0.15) is 92.9 Å². The number of hydrogen-bond donors (Lipinski definition) is 1. The second-order valence-corrected chi connectivity index (χ2v) is 13.5.